The minimum Gasteiger partial charge on any atom is -0.497 e. The van der Waals surface area contributed by atoms with Gasteiger partial charge in [-0.1, -0.05) is 0 Å². The van der Waals surface area contributed by atoms with Crippen LogP contribution in [-0.2, 0) is 11.3 Å². The van der Waals surface area contributed by atoms with Gasteiger partial charge < -0.3 is 14.2 Å². The van der Waals surface area contributed by atoms with Gasteiger partial charge in [0.05, 0.1) is 25.5 Å². The molecule has 6 heteroatoms. The molecule has 0 amide bonds. The van der Waals surface area contributed by atoms with Crippen LogP contribution in [0, 0.1) is 18.3 Å². The lowest BCUT2D eigenvalue weighted by Crippen LogP contribution is -2.54. The summed E-state index contributed by atoms with van der Waals surface area (Å²) in [5, 5.41) is 0. The number of aryl methyl sites for hydroxylation is 1. The Kier molecular flexibility index (Phi) is 5.18. The SMILES string of the molecule is COc1ccc2c(c1)[C@H]1OCC3(CCN(Cc4ccnc(C)n4)CC3)C[C@@H]1C(C)(C)O2. The molecule has 1 aromatic carbocycles. The Morgan fingerprint density at radius 3 is 2.74 bits per heavy atom. The summed E-state index contributed by atoms with van der Waals surface area (Å²) in [6.45, 7) is 10.3. The van der Waals surface area contributed by atoms with Crippen LogP contribution in [0.3, 0.4) is 0 Å². The van der Waals surface area contributed by atoms with Crippen molar-refractivity contribution in [2.75, 3.05) is 26.8 Å². The average molecular weight is 424 g/mol. The molecule has 2 saturated heterocycles. The summed E-state index contributed by atoms with van der Waals surface area (Å²) >= 11 is 0. The highest BCUT2D eigenvalue weighted by Gasteiger charge is 2.52. The zero-order valence-corrected chi connectivity index (χ0v) is 19.1. The predicted molar refractivity (Wildman–Crippen MR) is 118 cm³/mol. The Morgan fingerprint density at radius 1 is 1.19 bits per heavy atom. The first-order valence-corrected chi connectivity index (χ1v) is 11.4. The van der Waals surface area contributed by atoms with Crippen LogP contribution in [0.4, 0.5) is 0 Å². The van der Waals surface area contributed by atoms with Gasteiger partial charge in [-0.3, -0.25) is 4.90 Å². The minimum absolute atomic E-state index is 0.0708. The standard InChI is InChI=1S/C25H33N3O3/c1-17-26-10-7-18(27-17)15-28-11-8-25(9-12-28)14-21-23(30-16-25)20-13-19(29-4)5-6-22(20)31-24(21,2)3/h5-7,10,13,21,23H,8-9,11-12,14-16H2,1-4H3/t21-,23+/m0/s1. The Balaban J connectivity index is 1.30. The molecule has 31 heavy (non-hydrogen) atoms. The number of nitrogens with zero attached hydrogens (tertiary/aromatic N) is 3. The number of likely N-dealkylation sites (tertiary alicyclic amines) is 1. The number of benzene rings is 1. The van der Waals surface area contributed by atoms with Crippen LogP contribution in [0.25, 0.3) is 0 Å². The fourth-order valence-corrected chi connectivity index (χ4v) is 5.62. The first kappa shape index (κ1) is 20.7. The van der Waals surface area contributed by atoms with Gasteiger partial charge in [0.15, 0.2) is 0 Å². The normalized spacial score (nSPS) is 26.6. The summed E-state index contributed by atoms with van der Waals surface area (Å²) in [6, 6.07) is 8.10. The second kappa shape index (κ2) is 7.75. The highest BCUT2D eigenvalue weighted by atomic mass is 16.5. The molecule has 3 aliphatic heterocycles. The quantitative estimate of drug-likeness (QED) is 0.733. The van der Waals surface area contributed by atoms with E-state index in [1.165, 1.54) is 0 Å². The van der Waals surface area contributed by atoms with Crippen molar-refractivity contribution in [3.63, 3.8) is 0 Å². The van der Waals surface area contributed by atoms with E-state index in [-0.39, 0.29) is 17.1 Å². The maximum absolute atomic E-state index is 6.63. The fourth-order valence-electron chi connectivity index (χ4n) is 5.62. The molecule has 0 saturated carbocycles. The number of ether oxygens (including phenoxy) is 3. The molecule has 4 heterocycles. The van der Waals surface area contributed by atoms with Crippen LogP contribution < -0.4 is 9.47 Å². The first-order valence-electron chi connectivity index (χ1n) is 11.4. The lowest BCUT2D eigenvalue weighted by molar-refractivity contribution is -0.174. The van der Waals surface area contributed by atoms with Gasteiger partial charge >= 0.3 is 0 Å². The predicted octanol–water partition coefficient (Wildman–Crippen LogP) is 4.32. The third-order valence-corrected chi connectivity index (χ3v) is 7.51. The molecule has 2 aromatic rings. The van der Waals surface area contributed by atoms with Crippen molar-refractivity contribution in [1.29, 1.82) is 0 Å². The smallest absolute Gasteiger partial charge is 0.126 e. The third kappa shape index (κ3) is 3.92. The highest BCUT2D eigenvalue weighted by Crippen LogP contribution is 2.55. The van der Waals surface area contributed by atoms with E-state index in [1.807, 2.05) is 31.3 Å². The first-order chi connectivity index (χ1) is 14.9. The molecule has 0 radical (unpaired) electrons. The third-order valence-electron chi connectivity index (χ3n) is 7.51. The molecule has 0 N–H and O–H groups in total. The number of hydrogen-bond donors (Lipinski definition) is 0. The van der Waals surface area contributed by atoms with Gasteiger partial charge in [0.25, 0.3) is 0 Å². The molecule has 0 bridgehead atoms. The lowest BCUT2D eigenvalue weighted by Gasteiger charge is -2.54. The number of aromatic nitrogens is 2. The van der Waals surface area contributed by atoms with E-state index in [1.54, 1.807) is 7.11 Å². The minimum atomic E-state index is -0.255. The van der Waals surface area contributed by atoms with Gasteiger partial charge in [-0.15, -0.1) is 0 Å². The van der Waals surface area contributed by atoms with Crippen molar-refractivity contribution >= 4 is 0 Å². The second-order valence-electron chi connectivity index (χ2n) is 10.0. The van der Waals surface area contributed by atoms with Crippen molar-refractivity contribution in [3.05, 3.63) is 47.5 Å². The Morgan fingerprint density at radius 2 is 2.00 bits per heavy atom. The van der Waals surface area contributed by atoms with Crippen LogP contribution in [0.5, 0.6) is 11.5 Å². The summed E-state index contributed by atoms with van der Waals surface area (Å²) in [4.78, 5) is 11.3. The summed E-state index contributed by atoms with van der Waals surface area (Å²) in [5.41, 5.74) is 2.22. The number of methoxy groups -OCH3 is 1. The zero-order chi connectivity index (χ0) is 21.6. The Bertz CT molecular complexity index is 953. The van der Waals surface area contributed by atoms with E-state index in [9.17, 15) is 0 Å². The molecule has 166 valence electrons. The largest absolute Gasteiger partial charge is 0.497 e. The van der Waals surface area contributed by atoms with Crippen LogP contribution in [0.1, 0.15) is 56.3 Å². The van der Waals surface area contributed by atoms with Gasteiger partial charge in [-0.25, -0.2) is 9.97 Å². The number of piperidine rings is 1. The monoisotopic (exact) mass is 423 g/mol. The summed E-state index contributed by atoms with van der Waals surface area (Å²) in [5.74, 6) is 2.96. The summed E-state index contributed by atoms with van der Waals surface area (Å²) < 4.78 is 18.6. The lowest BCUT2D eigenvalue weighted by atomic mass is 9.64. The number of rotatable bonds is 3. The van der Waals surface area contributed by atoms with E-state index < -0.39 is 0 Å². The summed E-state index contributed by atoms with van der Waals surface area (Å²) in [7, 11) is 1.71. The maximum Gasteiger partial charge on any atom is 0.126 e. The molecule has 1 spiro atoms. The number of fused-ring (bicyclic) bond motifs is 3. The number of hydrogen-bond acceptors (Lipinski definition) is 6. The van der Waals surface area contributed by atoms with Gasteiger partial charge in [-0.05, 0) is 82.8 Å². The molecular formula is C25H33N3O3. The van der Waals surface area contributed by atoms with Crippen molar-refractivity contribution in [2.45, 2.75) is 58.3 Å². The van der Waals surface area contributed by atoms with Crippen molar-refractivity contribution in [2.24, 2.45) is 11.3 Å². The highest BCUT2D eigenvalue weighted by molar-refractivity contribution is 5.44. The second-order valence-corrected chi connectivity index (χ2v) is 10.0. The molecular weight excluding hydrogens is 390 g/mol. The van der Waals surface area contributed by atoms with Crippen LogP contribution >= 0.6 is 0 Å². The van der Waals surface area contributed by atoms with Gasteiger partial charge in [-0.2, -0.15) is 0 Å². The fraction of sp³-hybridized carbons (Fsp3) is 0.600. The Hall–Kier alpha value is -2.18. The molecule has 1 aromatic heterocycles. The topological polar surface area (TPSA) is 56.7 Å². The van der Waals surface area contributed by atoms with Crippen molar-refractivity contribution in [3.8, 4) is 11.5 Å². The average Bonchev–Trinajstić information content (AvgIpc) is 2.75. The zero-order valence-electron chi connectivity index (χ0n) is 19.1. The molecule has 3 aliphatic rings. The van der Waals surface area contributed by atoms with E-state index in [2.05, 4.69) is 34.8 Å². The van der Waals surface area contributed by atoms with E-state index in [4.69, 9.17) is 14.2 Å². The molecule has 0 aliphatic carbocycles. The molecule has 2 atom stereocenters. The van der Waals surface area contributed by atoms with Crippen molar-refractivity contribution in [1.82, 2.24) is 14.9 Å². The van der Waals surface area contributed by atoms with Gasteiger partial charge in [0.1, 0.15) is 22.9 Å². The maximum atomic E-state index is 6.63. The van der Waals surface area contributed by atoms with Gasteiger partial charge in [0, 0.05) is 24.2 Å². The van der Waals surface area contributed by atoms with E-state index in [0.717, 1.165) is 74.1 Å². The van der Waals surface area contributed by atoms with Crippen molar-refractivity contribution < 1.29 is 14.2 Å². The molecule has 6 nitrogen and oxygen atoms in total. The van der Waals surface area contributed by atoms with Crippen LogP contribution in [0.2, 0.25) is 0 Å². The van der Waals surface area contributed by atoms with E-state index >= 15 is 0 Å². The molecule has 5 rings (SSSR count). The summed E-state index contributed by atoms with van der Waals surface area (Å²) in [6.07, 6.45) is 5.38. The Labute approximate surface area is 184 Å². The molecule has 2 fully saturated rings. The van der Waals surface area contributed by atoms with Gasteiger partial charge in [0.2, 0.25) is 0 Å². The molecule has 0 unspecified atom stereocenters. The van der Waals surface area contributed by atoms with E-state index in [0.29, 0.717) is 5.92 Å². The van der Waals surface area contributed by atoms with Crippen LogP contribution in [-0.4, -0.2) is 47.3 Å². The van der Waals surface area contributed by atoms with Crippen LogP contribution in [0.15, 0.2) is 30.5 Å².